The summed E-state index contributed by atoms with van der Waals surface area (Å²) in [7, 11) is 0. The van der Waals surface area contributed by atoms with Crippen molar-refractivity contribution in [3.8, 4) is 0 Å². The maximum absolute atomic E-state index is 12.9. The molecule has 154 valence electrons. The Hall–Kier alpha value is -2.66. The van der Waals surface area contributed by atoms with Crippen molar-refractivity contribution in [2.45, 2.75) is 58.8 Å². The fraction of sp³-hybridized carbons (Fsp3) is 0.417. The second-order valence-corrected chi connectivity index (χ2v) is 8.09. The third-order valence-electron chi connectivity index (χ3n) is 5.90. The number of nitrogens with two attached hydrogens (primary N) is 1. The van der Waals surface area contributed by atoms with Gasteiger partial charge >= 0.3 is 0 Å². The predicted octanol–water partition coefficient (Wildman–Crippen LogP) is 1.83. The number of quaternary nitrogens is 1. The van der Waals surface area contributed by atoms with Crippen LogP contribution in [0.2, 0.25) is 0 Å². The van der Waals surface area contributed by atoms with Crippen LogP contribution in [0.3, 0.4) is 0 Å². The Morgan fingerprint density at radius 3 is 2.48 bits per heavy atom. The third kappa shape index (κ3) is 5.45. The molecule has 1 heterocycles. The molecule has 2 aromatic rings. The lowest BCUT2D eigenvalue weighted by molar-refractivity contribution is -0.695. The summed E-state index contributed by atoms with van der Waals surface area (Å²) in [5.41, 5.74) is 4.75. The molecule has 4 N–H and O–H groups in total. The van der Waals surface area contributed by atoms with E-state index < -0.39 is 6.04 Å². The van der Waals surface area contributed by atoms with E-state index in [1.807, 2.05) is 57.2 Å². The van der Waals surface area contributed by atoms with Gasteiger partial charge in [-0.25, -0.2) is 0 Å². The summed E-state index contributed by atoms with van der Waals surface area (Å²) >= 11 is 0. The molecule has 1 aliphatic rings. The van der Waals surface area contributed by atoms with Gasteiger partial charge in [0, 0.05) is 18.5 Å². The molecule has 2 amide bonds. The molecule has 5 nitrogen and oxygen atoms in total. The lowest BCUT2D eigenvalue weighted by Gasteiger charge is -2.27. The molecule has 0 spiro atoms. The molecule has 0 saturated heterocycles. The monoisotopic (exact) mass is 394 g/mol. The Balaban J connectivity index is 1.61. The van der Waals surface area contributed by atoms with Crippen LogP contribution in [-0.2, 0) is 29.1 Å². The van der Waals surface area contributed by atoms with Gasteiger partial charge in [0.2, 0.25) is 5.91 Å². The molecule has 3 rings (SSSR count). The Morgan fingerprint density at radius 1 is 1.10 bits per heavy atom. The summed E-state index contributed by atoms with van der Waals surface area (Å²) in [6.07, 6.45) is 1.51. The zero-order chi connectivity index (χ0) is 20.8. The number of fused-ring (bicyclic) bond motifs is 1. The predicted molar refractivity (Wildman–Crippen MR) is 114 cm³/mol. The fourth-order valence-corrected chi connectivity index (χ4v) is 3.71. The van der Waals surface area contributed by atoms with Crippen LogP contribution in [0.4, 0.5) is 0 Å². The molecule has 0 aliphatic carbocycles. The van der Waals surface area contributed by atoms with Crippen LogP contribution in [0.25, 0.3) is 0 Å². The Bertz CT molecular complexity index is 847. The Labute approximate surface area is 173 Å². The van der Waals surface area contributed by atoms with Crippen LogP contribution < -0.4 is 16.0 Å². The van der Waals surface area contributed by atoms with E-state index in [1.54, 1.807) is 0 Å². The summed E-state index contributed by atoms with van der Waals surface area (Å²) < 4.78 is 0. The molecule has 0 saturated carbocycles. The lowest BCUT2D eigenvalue weighted by atomic mass is 9.94. The van der Waals surface area contributed by atoms with E-state index in [2.05, 4.69) is 28.1 Å². The van der Waals surface area contributed by atoms with Gasteiger partial charge in [-0.05, 0) is 24.0 Å². The van der Waals surface area contributed by atoms with Crippen LogP contribution in [0.1, 0.15) is 42.5 Å². The number of nitrogens with one attached hydrogen (secondary N) is 2. The maximum atomic E-state index is 12.9. The Kier molecular flexibility index (Phi) is 7.04. The number of hydrogen-bond acceptors (Lipinski definition) is 2. The largest absolute Gasteiger partial charge is 0.350 e. The normalized spacial score (nSPS) is 17.7. The van der Waals surface area contributed by atoms with E-state index in [0.717, 1.165) is 18.5 Å². The molecule has 2 aromatic carbocycles. The minimum Gasteiger partial charge on any atom is -0.350 e. The average molecular weight is 395 g/mol. The van der Waals surface area contributed by atoms with Gasteiger partial charge in [0.05, 0.1) is 0 Å². The molecule has 0 bridgehead atoms. The number of carbonyl (C=O) groups excluding carboxylic acids is 2. The van der Waals surface area contributed by atoms with Gasteiger partial charge in [-0.15, -0.1) is 0 Å². The summed E-state index contributed by atoms with van der Waals surface area (Å²) in [4.78, 5) is 25.8. The summed E-state index contributed by atoms with van der Waals surface area (Å²) in [5, 5.41) is 8.09. The first-order chi connectivity index (χ1) is 14.0. The van der Waals surface area contributed by atoms with Gasteiger partial charge in [0.15, 0.2) is 6.04 Å². The van der Waals surface area contributed by atoms with Crippen LogP contribution in [0.15, 0.2) is 48.5 Å². The first-order valence-corrected chi connectivity index (χ1v) is 10.5. The molecule has 0 fully saturated rings. The van der Waals surface area contributed by atoms with Gasteiger partial charge in [0.25, 0.3) is 5.91 Å². The smallest absolute Gasteiger partial charge is 0.279 e. The molecule has 0 unspecified atom stereocenters. The van der Waals surface area contributed by atoms with Crippen molar-refractivity contribution in [2.75, 3.05) is 0 Å². The Morgan fingerprint density at radius 2 is 1.79 bits per heavy atom. The first kappa shape index (κ1) is 21.1. The highest BCUT2D eigenvalue weighted by molar-refractivity contribution is 5.89. The van der Waals surface area contributed by atoms with Crippen molar-refractivity contribution in [1.82, 2.24) is 10.6 Å². The topological polar surface area (TPSA) is 74.8 Å². The van der Waals surface area contributed by atoms with Crippen LogP contribution in [0, 0.1) is 12.8 Å². The molecule has 0 aromatic heterocycles. The molecular formula is C24H32N3O2+. The number of rotatable bonds is 7. The zero-order valence-corrected chi connectivity index (χ0v) is 17.6. The van der Waals surface area contributed by atoms with Gasteiger partial charge < -0.3 is 16.0 Å². The second kappa shape index (κ2) is 9.70. The highest BCUT2D eigenvalue weighted by atomic mass is 16.2. The fourth-order valence-electron chi connectivity index (χ4n) is 3.71. The van der Waals surface area contributed by atoms with Crippen molar-refractivity contribution < 1.29 is 14.9 Å². The number of aryl methyl sites for hydroxylation is 1. The van der Waals surface area contributed by atoms with E-state index in [4.69, 9.17) is 0 Å². The van der Waals surface area contributed by atoms with Crippen molar-refractivity contribution in [1.29, 1.82) is 0 Å². The third-order valence-corrected chi connectivity index (χ3v) is 5.90. The van der Waals surface area contributed by atoms with E-state index in [0.29, 0.717) is 13.0 Å². The van der Waals surface area contributed by atoms with Gasteiger partial charge in [-0.1, -0.05) is 74.4 Å². The molecule has 29 heavy (non-hydrogen) atoms. The lowest BCUT2D eigenvalue weighted by Crippen LogP contribution is -2.93. The summed E-state index contributed by atoms with van der Waals surface area (Å²) in [6.45, 7) is 7.35. The molecule has 1 aliphatic heterocycles. The van der Waals surface area contributed by atoms with Crippen molar-refractivity contribution >= 4 is 11.8 Å². The summed E-state index contributed by atoms with van der Waals surface area (Å²) in [5.74, 6) is -0.118. The maximum Gasteiger partial charge on any atom is 0.279 e. The van der Waals surface area contributed by atoms with E-state index in [1.165, 1.54) is 16.7 Å². The highest BCUT2D eigenvalue weighted by Gasteiger charge is 2.32. The van der Waals surface area contributed by atoms with E-state index >= 15 is 0 Å². The standard InChI is InChI=1S/C24H31N3O2/c1-4-17(3)22(24(29)26-14-18-11-9-16(2)10-12-18)27-23(28)21-13-19-7-5-6-8-20(19)15-25-21/h5-12,17,21-22,25H,4,13-15H2,1-3H3,(H,26,29)(H,27,28)/p+1/t17-,21+,22+/m1/s1. The summed E-state index contributed by atoms with van der Waals surface area (Å²) in [6, 6.07) is 15.6. The van der Waals surface area contributed by atoms with Gasteiger partial charge in [-0.2, -0.15) is 0 Å². The van der Waals surface area contributed by atoms with Gasteiger partial charge in [-0.3, -0.25) is 9.59 Å². The van der Waals surface area contributed by atoms with Crippen LogP contribution in [-0.4, -0.2) is 23.9 Å². The van der Waals surface area contributed by atoms with E-state index in [9.17, 15) is 9.59 Å². The van der Waals surface area contributed by atoms with Crippen molar-refractivity contribution in [2.24, 2.45) is 5.92 Å². The zero-order valence-electron chi connectivity index (χ0n) is 17.6. The quantitative estimate of drug-likeness (QED) is 0.670. The SMILES string of the molecule is CC[C@@H](C)[C@H](NC(=O)[C@@H]1Cc2ccccc2C[NH2+]1)C(=O)NCc1ccc(C)cc1. The number of amides is 2. The molecular weight excluding hydrogens is 362 g/mol. The molecule has 0 radical (unpaired) electrons. The van der Waals surface area contributed by atoms with Crippen LogP contribution in [0.5, 0.6) is 0 Å². The van der Waals surface area contributed by atoms with Crippen molar-refractivity contribution in [3.63, 3.8) is 0 Å². The molecule has 3 atom stereocenters. The average Bonchev–Trinajstić information content (AvgIpc) is 2.75. The minimum absolute atomic E-state index is 0.0599. The minimum atomic E-state index is -0.525. The van der Waals surface area contributed by atoms with Crippen molar-refractivity contribution in [3.05, 3.63) is 70.8 Å². The van der Waals surface area contributed by atoms with Crippen LogP contribution >= 0.6 is 0 Å². The number of hydrogen-bond donors (Lipinski definition) is 3. The first-order valence-electron chi connectivity index (χ1n) is 10.5. The van der Waals surface area contributed by atoms with Gasteiger partial charge in [0.1, 0.15) is 12.6 Å². The van der Waals surface area contributed by atoms with E-state index in [-0.39, 0.29) is 23.8 Å². The molecule has 5 heteroatoms. The highest BCUT2D eigenvalue weighted by Crippen LogP contribution is 2.14. The number of benzene rings is 2. The number of carbonyl (C=O) groups is 2. The second-order valence-electron chi connectivity index (χ2n) is 8.09.